The van der Waals surface area contributed by atoms with Gasteiger partial charge in [-0.3, -0.25) is 24.0 Å². The van der Waals surface area contributed by atoms with Gasteiger partial charge in [0.05, 0.1) is 18.8 Å². The molecule has 0 radical (unpaired) electrons. The monoisotopic (exact) mass is 511 g/mol. The Morgan fingerprint density at radius 2 is 1.56 bits per heavy atom. The first kappa shape index (κ1) is 30.0. The number of H-pyrrole nitrogens is 1. The molecule has 15 heteroatoms. The van der Waals surface area contributed by atoms with Gasteiger partial charge >= 0.3 is 11.9 Å². The third-order valence-electron chi connectivity index (χ3n) is 4.97. The molecule has 1 rings (SSSR count). The fraction of sp³-hybridized carbons (Fsp3) is 0.571. The molecule has 0 aliphatic rings. The minimum atomic E-state index is -1.59. The lowest BCUT2D eigenvalue weighted by atomic mass is 10.0. The average molecular weight is 512 g/mol. The molecule has 4 amide bonds. The van der Waals surface area contributed by atoms with E-state index in [2.05, 4.69) is 25.9 Å². The van der Waals surface area contributed by atoms with E-state index >= 15 is 0 Å². The molecule has 0 fully saturated rings. The first-order valence-electron chi connectivity index (χ1n) is 11.2. The Morgan fingerprint density at radius 1 is 0.972 bits per heavy atom. The van der Waals surface area contributed by atoms with E-state index in [9.17, 15) is 33.9 Å². The second-order valence-corrected chi connectivity index (χ2v) is 8.64. The zero-order chi connectivity index (χ0) is 27.4. The highest BCUT2D eigenvalue weighted by atomic mass is 16.4. The number of aromatic amines is 1. The van der Waals surface area contributed by atoms with Gasteiger partial charge in [0.15, 0.2) is 0 Å². The van der Waals surface area contributed by atoms with Gasteiger partial charge in [-0.1, -0.05) is 13.8 Å². The Balaban J connectivity index is 3.01. The molecule has 4 unspecified atom stereocenters. The van der Waals surface area contributed by atoms with Crippen LogP contribution in [0.15, 0.2) is 12.5 Å². The van der Waals surface area contributed by atoms with Gasteiger partial charge in [-0.2, -0.15) is 0 Å². The third-order valence-corrected chi connectivity index (χ3v) is 4.97. The Labute approximate surface area is 206 Å². The summed E-state index contributed by atoms with van der Waals surface area (Å²) in [5, 5.41) is 25.3. The minimum absolute atomic E-state index is 0.0737. The van der Waals surface area contributed by atoms with E-state index in [1.165, 1.54) is 12.5 Å². The molecule has 15 nitrogen and oxygen atoms in total. The zero-order valence-electron chi connectivity index (χ0n) is 20.0. The molecule has 1 aromatic heterocycles. The van der Waals surface area contributed by atoms with Crippen LogP contribution < -0.4 is 27.4 Å². The van der Waals surface area contributed by atoms with Gasteiger partial charge in [-0.25, -0.2) is 9.78 Å². The Bertz CT molecular complexity index is 935. The van der Waals surface area contributed by atoms with Gasteiger partial charge in [0, 0.05) is 24.7 Å². The summed E-state index contributed by atoms with van der Waals surface area (Å²) < 4.78 is 0. The average Bonchev–Trinajstić information content (AvgIpc) is 3.27. The Kier molecular flexibility index (Phi) is 12.0. The first-order chi connectivity index (χ1) is 16.8. The van der Waals surface area contributed by atoms with E-state index in [-0.39, 0.29) is 18.8 Å². The maximum Gasteiger partial charge on any atom is 0.326 e. The fourth-order valence-electron chi connectivity index (χ4n) is 3.20. The normalized spacial score (nSPS) is 14.2. The van der Waals surface area contributed by atoms with Crippen LogP contribution in [0.1, 0.15) is 45.2 Å². The van der Waals surface area contributed by atoms with Crippen LogP contribution in [0, 0.1) is 5.92 Å². The molecule has 0 saturated carbocycles. The third kappa shape index (κ3) is 10.9. The number of aromatic nitrogens is 2. The van der Waals surface area contributed by atoms with Crippen molar-refractivity contribution in [1.29, 1.82) is 0 Å². The molecular weight excluding hydrogens is 478 g/mol. The number of aliphatic carboxylic acids is 2. The lowest BCUT2D eigenvalue weighted by Gasteiger charge is -2.24. The van der Waals surface area contributed by atoms with Crippen molar-refractivity contribution in [3.05, 3.63) is 18.2 Å². The summed E-state index contributed by atoms with van der Waals surface area (Å²) in [6.45, 7) is 3.68. The second kappa shape index (κ2) is 14.4. The molecule has 0 spiro atoms. The number of nitrogens with one attached hydrogen (secondary N) is 4. The van der Waals surface area contributed by atoms with Gasteiger partial charge in [0.2, 0.25) is 23.6 Å². The summed E-state index contributed by atoms with van der Waals surface area (Å²) in [5.41, 5.74) is 11.4. The molecular formula is C21H33N7O8. The lowest BCUT2D eigenvalue weighted by molar-refractivity contribution is -0.142. The molecule has 36 heavy (non-hydrogen) atoms. The van der Waals surface area contributed by atoms with Gasteiger partial charge in [-0.05, 0) is 18.8 Å². The molecule has 4 atom stereocenters. The van der Waals surface area contributed by atoms with E-state index in [0.717, 1.165) is 0 Å². The number of primary amides is 1. The maximum atomic E-state index is 12.9. The van der Waals surface area contributed by atoms with Crippen molar-refractivity contribution in [2.75, 3.05) is 0 Å². The van der Waals surface area contributed by atoms with Crippen molar-refractivity contribution in [2.45, 2.75) is 70.1 Å². The van der Waals surface area contributed by atoms with Crippen LogP contribution in [0.25, 0.3) is 0 Å². The zero-order valence-corrected chi connectivity index (χ0v) is 20.0. The van der Waals surface area contributed by atoms with Crippen LogP contribution in [0.2, 0.25) is 0 Å². The quantitative estimate of drug-likeness (QED) is 0.117. The number of rotatable bonds is 16. The molecule has 0 aliphatic carbocycles. The number of hydrogen-bond acceptors (Lipinski definition) is 8. The van der Waals surface area contributed by atoms with Gasteiger partial charge in [0.25, 0.3) is 0 Å². The van der Waals surface area contributed by atoms with E-state index < -0.39 is 72.6 Å². The summed E-state index contributed by atoms with van der Waals surface area (Å²) in [7, 11) is 0. The predicted octanol–water partition coefficient (Wildman–Crippen LogP) is -2.40. The fourth-order valence-corrected chi connectivity index (χ4v) is 3.20. The summed E-state index contributed by atoms with van der Waals surface area (Å²) in [5.74, 6) is -6.20. The highest BCUT2D eigenvalue weighted by Gasteiger charge is 2.31. The van der Waals surface area contributed by atoms with Gasteiger partial charge < -0.3 is 42.6 Å². The highest BCUT2D eigenvalue weighted by molar-refractivity contribution is 5.96. The summed E-state index contributed by atoms with van der Waals surface area (Å²) in [6.07, 6.45) is 1.33. The first-order valence-corrected chi connectivity index (χ1v) is 11.2. The second-order valence-electron chi connectivity index (χ2n) is 8.64. The van der Waals surface area contributed by atoms with Crippen molar-refractivity contribution in [2.24, 2.45) is 17.4 Å². The van der Waals surface area contributed by atoms with Gasteiger partial charge in [0.1, 0.15) is 18.1 Å². The molecule has 1 aromatic rings. The molecule has 0 aliphatic heterocycles. The summed E-state index contributed by atoms with van der Waals surface area (Å²) in [6, 6.07) is -5.38. The van der Waals surface area contributed by atoms with E-state index in [4.69, 9.17) is 16.6 Å². The molecule has 0 bridgehead atoms. The number of carbonyl (C=O) groups is 6. The Hall–Kier alpha value is -4.01. The standard InChI is InChI=1S/C21H33N7O8/c1-10(2)5-12(22)18(32)26-13(3-4-17(30)31)19(33)27-14(7-16(23)29)20(34)28-15(21(35)36)6-11-8-24-9-25-11/h8-10,12-15H,3-7,22H2,1-2H3,(H2,23,29)(H,24,25)(H,26,32)(H,27,33)(H,28,34)(H,30,31)(H,35,36). The number of nitrogens with two attached hydrogens (primary N) is 2. The number of amides is 4. The summed E-state index contributed by atoms with van der Waals surface area (Å²) in [4.78, 5) is 78.7. The van der Waals surface area contributed by atoms with Crippen molar-refractivity contribution in [1.82, 2.24) is 25.9 Å². The number of carboxylic acids is 2. The van der Waals surface area contributed by atoms with Crippen molar-refractivity contribution in [3.63, 3.8) is 0 Å². The number of carbonyl (C=O) groups excluding carboxylic acids is 4. The van der Waals surface area contributed by atoms with Crippen molar-refractivity contribution >= 4 is 35.6 Å². The van der Waals surface area contributed by atoms with Crippen LogP contribution in [0.5, 0.6) is 0 Å². The largest absolute Gasteiger partial charge is 0.481 e. The lowest BCUT2D eigenvalue weighted by Crippen LogP contribution is -2.58. The van der Waals surface area contributed by atoms with E-state index in [1.54, 1.807) is 0 Å². The predicted molar refractivity (Wildman–Crippen MR) is 124 cm³/mol. The van der Waals surface area contributed by atoms with Crippen LogP contribution in [0.3, 0.4) is 0 Å². The highest BCUT2D eigenvalue weighted by Crippen LogP contribution is 2.06. The smallest absolute Gasteiger partial charge is 0.326 e. The minimum Gasteiger partial charge on any atom is -0.481 e. The summed E-state index contributed by atoms with van der Waals surface area (Å²) >= 11 is 0. The topological polar surface area (TPSA) is 260 Å². The van der Waals surface area contributed by atoms with Crippen molar-refractivity contribution in [3.8, 4) is 0 Å². The number of carboxylic acid groups (broad SMARTS) is 2. The molecule has 10 N–H and O–H groups in total. The van der Waals surface area contributed by atoms with Crippen LogP contribution >= 0.6 is 0 Å². The van der Waals surface area contributed by atoms with Crippen LogP contribution in [-0.2, 0) is 35.2 Å². The number of hydrogen-bond donors (Lipinski definition) is 8. The Morgan fingerprint density at radius 3 is 2.06 bits per heavy atom. The van der Waals surface area contributed by atoms with Crippen molar-refractivity contribution < 1.29 is 39.0 Å². The van der Waals surface area contributed by atoms with E-state index in [0.29, 0.717) is 12.1 Å². The van der Waals surface area contributed by atoms with Crippen LogP contribution in [-0.4, -0.2) is 79.9 Å². The molecule has 0 aromatic carbocycles. The van der Waals surface area contributed by atoms with E-state index in [1.807, 2.05) is 13.8 Å². The molecule has 0 saturated heterocycles. The van der Waals surface area contributed by atoms with Crippen LogP contribution in [0.4, 0.5) is 0 Å². The molecule has 1 heterocycles. The number of imidazole rings is 1. The number of nitrogens with zero attached hydrogens (tertiary/aromatic N) is 1. The molecule has 200 valence electrons. The maximum absolute atomic E-state index is 12.9. The van der Waals surface area contributed by atoms with Gasteiger partial charge in [-0.15, -0.1) is 0 Å². The SMILES string of the molecule is CC(C)CC(N)C(=O)NC(CCC(=O)O)C(=O)NC(CC(N)=O)C(=O)NC(Cc1cnc[nH]1)C(=O)O.